The Morgan fingerprint density at radius 3 is 2.08 bits per heavy atom. The summed E-state index contributed by atoms with van der Waals surface area (Å²) >= 11 is 0. The lowest BCUT2D eigenvalue weighted by molar-refractivity contribution is -0.120. The zero-order chi connectivity index (χ0) is 27.2. The molecule has 3 aromatic carbocycles. The van der Waals surface area contributed by atoms with E-state index in [2.05, 4.69) is 5.32 Å². The molecule has 0 fully saturated rings. The van der Waals surface area contributed by atoms with Crippen LogP contribution in [0.25, 0.3) is 0 Å². The van der Waals surface area contributed by atoms with Crippen molar-refractivity contribution in [2.24, 2.45) is 0 Å². The molecule has 0 heterocycles. The highest BCUT2D eigenvalue weighted by Gasteiger charge is 2.29. The number of carbonyl (C=O) groups excluding carboxylic acids is 1. The van der Waals surface area contributed by atoms with Gasteiger partial charge in [0.25, 0.3) is 10.0 Å². The molecule has 0 saturated heterocycles. The van der Waals surface area contributed by atoms with E-state index in [4.69, 9.17) is 18.9 Å². The van der Waals surface area contributed by atoms with Gasteiger partial charge in [-0.2, -0.15) is 0 Å². The predicted octanol–water partition coefficient (Wildman–Crippen LogP) is 3.93. The molecular weight excluding hydrogens is 503 g/mol. The smallest absolute Gasteiger partial charge is 0.264 e. The fourth-order valence-corrected chi connectivity index (χ4v) is 5.14. The van der Waals surface area contributed by atoms with Gasteiger partial charge in [0.05, 0.1) is 45.1 Å². The van der Waals surface area contributed by atoms with Crippen LogP contribution >= 0.6 is 0 Å². The molecule has 0 spiro atoms. The molecule has 3 aromatic rings. The topological polar surface area (TPSA) is 103 Å². The van der Waals surface area contributed by atoms with Crippen LogP contribution in [0.2, 0.25) is 0 Å². The number of halogens is 1. The van der Waals surface area contributed by atoms with Crippen molar-refractivity contribution >= 4 is 21.6 Å². The van der Waals surface area contributed by atoms with E-state index in [1.807, 2.05) is 0 Å². The second-order valence-corrected chi connectivity index (χ2v) is 9.76. The normalized spacial score (nSPS) is 11.8. The van der Waals surface area contributed by atoms with Gasteiger partial charge in [-0.05, 0) is 61.5 Å². The lowest BCUT2D eigenvalue weighted by atomic mass is 10.1. The highest BCUT2D eigenvalue weighted by Crippen LogP contribution is 2.33. The van der Waals surface area contributed by atoms with E-state index in [0.29, 0.717) is 22.8 Å². The molecule has 0 bridgehead atoms. The summed E-state index contributed by atoms with van der Waals surface area (Å²) < 4.78 is 63.0. The van der Waals surface area contributed by atoms with Crippen molar-refractivity contribution < 1.29 is 36.6 Å². The minimum Gasteiger partial charge on any atom is -0.497 e. The van der Waals surface area contributed by atoms with Crippen molar-refractivity contribution in [3.63, 3.8) is 0 Å². The second kappa shape index (κ2) is 11.8. The molecule has 11 heteroatoms. The highest BCUT2D eigenvalue weighted by molar-refractivity contribution is 7.92. The average Bonchev–Trinajstić information content (AvgIpc) is 2.91. The third-order valence-corrected chi connectivity index (χ3v) is 7.40. The number of ether oxygens (including phenoxy) is 4. The first-order valence-electron chi connectivity index (χ1n) is 11.2. The summed E-state index contributed by atoms with van der Waals surface area (Å²) in [6.07, 6.45) is 0. The van der Waals surface area contributed by atoms with Crippen LogP contribution in [0.1, 0.15) is 18.5 Å². The number of methoxy groups -OCH3 is 4. The third kappa shape index (κ3) is 6.23. The van der Waals surface area contributed by atoms with Gasteiger partial charge in [-0.15, -0.1) is 0 Å². The zero-order valence-corrected chi connectivity index (χ0v) is 22.0. The number of hydrogen-bond donors (Lipinski definition) is 1. The van der Waals surface area contributed by atoms with Crippen LogP contribution in [0.15, 0.2) is 65.6 Å². The molecule has 0 aliphatic rings. The summed E-state index contributed by atoms with van der Waals surface area (Å²) in [6.45, 7) is 1.17. The number of nitrogens with zero attached hydrogens (tertiary/aromatic N) is 1. The lowest BCUT2D eigenvalue weighted by Crippen LogP contribution is -2.41. The second-order valence-electron chi connectivity index (χ2n) is 7.90. The van der Waals surface area contributed by atoms with Gasteiger partial charge in [0, 0.05) is 11.6 Å². The fraction of sp³-hybridized carbons (Fsp3) is 0.269. The van der Waals surface area contributed by atoms with Gasteiger partial charge >= 0.3 is 0 Å². The maximum Gasteiger partial charge on any atom is 0.264 e. The fourth-order valence-electron chi connectivity index (χ4n) is 3.70. The minimum absolute atomic E-state index is 0.109. The molecule has 0 aromatic heterocycles. The summed E-state index contributed by atoms with van der Waals surface area (Å²) in [5, 5.41) is 2.80. The molecule has 0 saturated carbocycles. The predicted molar refractivity (Wildman–Crippen MR) is 137 cm³/mol. The number of sulfonamides is 1. The molecule has 1 unspecified atom stereocenters. The number of hydrogen-bond acceptors (Lipinski definition) is 7. The Bertz CT molecular complexity index is 1350. The number of benzene rings is 3. The highest BCUT2D eigenvalue weighted by atomic mass is 32.2. The molecule has 0 aliphatic carbocycles. The van der Waals surface area contributed by atoms with E-state index in [-0.39, 0.29) is 16.3 Å². The monoisotopic (exact) mass is 532 g/mol. The Morgan fingerprint density at radius 1 is 0.865 bits per heavy atom. The maximum absolute atomic E-state index is 13.7. The summed E-state index contributed by atoms with van der Waals surface area (Å²) in [7, 11) is 1.57. The van der Waals surface area contributed by atoms with Gasteiger partial charge in [0.1, 0.15) is 23.9 Å². The van der Waals surface area contributed by atoms with E-state index in [9.17, 15) is 17.6 Å². The lowest BCUT2D eigenvalue weighted by Gasteiger charge is -2.26. The van der Waals surface area contributed by atoms with Crippen LogP contribution in [-0.2, 0) is 14.8 Å². The van der Waals surface area contributed by atoms with Crippen LogP contribution in [0, 0.1) is 5.82 Å². The number of carbonyl (C=O) groups is 1. The van der Waals surface area contributed by atoms with Crippen LogP contribution in [-0.4, -0.2) is 49.3 Å². The molecule has 1 amide bonds. The van der Waals surface area contributed by atoms with E-state index >= 15 is 0 Å². The van der Waals surface area contributed by atoms with Gasteiger partial charge in [-0.25, -0.2) is 12.8 Å². The van der Waals surface area contributed by atoms with Gasteiger partial charge in [0.15, 0.2) is 11.5 Å². The Morgan fingerprint density at radius 2 is 1.49 bits per heavy atom. The van der Waals surface area contributed by atoms with Gasteiger partial charge in [-0.1, -0.05) is 0 Å². The number of nitrogens with one attached hydrogen (secondary N) is 1. The van der Waals surface area contributed by atoms with Crippen molar-refractivity contribution in [3.05, 3.63) is 72.0 Å². The van der Waals surface area contributed by atoms with E-state index in [1.165, 1.54) is 58.8 Å². The van der Waals surface area contributed by atoms with Crippen molar-refractivity contribution in [1.29, 1.82) is 0 Å². The summed E-state index contributed by atoms with van der Waals surface area (Å²) in [5.74, 6) is 0.503. The minimum atomic E-state index is -4.27. The first kappa shape index (κ1) is 27.6. The molecule has 3 rings (SSSR count). The largest absolute Gasteiger partial charge is 0.497 e. The van der Waals surface area contributed by atoms with Crippen molar-refractivity contribution in [1.82, 2.24) is 5.32 Å². The summed E-state index contributed by atoms with van der Waals surface area (Å²) in [6, 6.07) is 13.5. The first-order chi connectivity index (χ1) is 17.6. The van der Waals surface area contributed by atoms with Gasteiger partial charge in [-0.3, -0.25) is 9.10 Å². The Balaban J connectivity index is 1.95. The molecule has 37 heavy (non-hydrogen) atoms. The average molecular weight is 533 g/mol. The Hall–Kier alpha value is -3.99. The molecule has 198 valence electrons. The number of anilines is 1. The molecule has 1 atom stereocenters. The number of rotatable bonds is 11. The van der Waals surface area contributed by atoms with E-state index in [1.54, 1.807) is 25.1 Å². The van der Waals surface area contributed by atoms with Gasteiger partial charge in [0.2, 0.25) is 5.91 Å². The third-order valence-electron chi connectivity index (χ3n) is 5.63. The van der Waals surface area contributed by atoms with Crippen LogP contribution in [0.4, 0.5) is 10.1 Å². The Kier molecular flexibility index (Phi) is 8.82. The maximum atomic E-state index is 13.7. The Labute approximate surface area is 215 Å². The molecule has 0 radical (unpaired) electrons. The van der Waals surface area contributed by atoms with Crippen molar-refractivity contribution in [3.8, 4) is 23.0 Å². The summed E-state index contributed by atoms with van der Waals surface area (Å²) in [5.41, 5.74) is 0.754. The van der Waals surface area contributed by atoms with E-state index < -0.39 is 34.3 Å². The van der Waals surface area contributed by atoms with Crippen molar-refractivity contribution in [2.75, 3.05) is 39.3 Å². The van der Waals surface area contributed by atoms with Gasteiger partial charge < -0.3 is 24.3 Å². The SMILES string of the molecule is COc1ccc(OC)c(C(C)NC(=O)CN(c2ccc(F)cc2)S(=O)(=O)c2ccc(OC)c(OC)c2)c1. The first-order valence-corrected chi connectivity index (χ1v) is 12.6. The number of amides is 1. The summed E-state index contributed by atoms with van der Waals surface area (Å²) in [4.78, 5) is 13.0. The van der Waals surface area contributed by atoms with Crippen LogP contribution < -0.4 is 28.6 Å². The zero-order valence-electron chi connectivity index (χ0n) is 21.1. The molecular formula is C26H29FN2O7S. The van der Waals surface area contributed by atoms with Crippen LogP contribution in [0.5, 0.6) is 23.0 Å². The quantitative estimate of drug-likeness (QED) is 0.399. The molecule has 0 aliphatic heterocycles. The van der Waals surface area contributed by atoms with Crippen LogP contribution in [0.3, 0.4) is 0 Å². The van der Waals surface area contributed by atoms with E-state index in [0.717, 1.165) is 16.4 Å². The molecule has 9 nitrogen and oxygen atoms in total. The standard InChI is InChI=1S/C26H29FN2O7S/c1-17(22-14-20(33-2)10-12-23(22)34-3)28-26(30)16-29(19-8-6-18(27)7-9-19)37(31,32)21-11-13-24(35-4)25(15-21)36-5/h6-15,17H,16H2,1-5H3,(H,28,30). The van der Waals surface area contributed by atoms with Crippen molar-refractivity contribution in [2.45, 2.75) is 17.9 Å². The molecule has 1 N–H and O–H groups in total.